The van der Waals surface area contributed by atoms with Crippen LogP contribution in [0.4, 0.5) is 0 Å². The van der Waals surface area contributed by atoms with E-state index in [2.05, 4.69) is 51.8 Å². The number of aliphatic hydroxyl groups is 1. The van der Waals surface area contributed by atoms with Crippen molar-refractivity contribution in [3.05, 3.63) is 35.9 Å². The highest BCUT2D eigenvalue weighted by molar-refractivity contribution is 7.80. The summed E-state index contributed by atoms with van der Waals surface area (Å²) in [5.74, 6) is -7.23. The van der Waals surface area contributed by atoms with Crippen molar-refractivity contribution >= 4 is 78.5 Å². The number of unbranched alkanes of at least 4 members (excludes halogenated alkanes) is 2. The summed E-state index contributed by atoms with van der Waals surface area (Å²) in [6.45, 7) is 3.68. The molecule has 19 nitrogen and oxygen atoms in total. The van der Waals surface area contributed by atoms with E-state index in [1.807, 2.05) is 6.92 Å². The van der Waals surface area contributed by atoms with Crippen molar-refractivity contribution < 1.29 is 53.4 Å². The molecule has 8 atom stereocenters. The van der Waals surface area contributed by atoms with Gasteiger partial charge in [0, 0.05) is 43.9 Å². The fourth-order valence-electron chi connectivity index (χ4n) is 7.23. The first-order chi connectivity index (χ1) is 29.0. The number of hydrogen-bond acceptors (Lipinski definition) is 12. The highest BCUT2D eigenvalue weighted by atomic mass is 32.1. The minimum atomic E-state index is -1.66. The standard InChI is InChI=1S/C40H60N8O11S2/c1-3-4-6-15-32(51)42-27(21-60)38(56)48-19-10-14-30(48)39(57)47-18-9-13-29(47)36(54)46-33(23(2)49)37(55)43-25(16-17-31(41)50)34(52)44-26(20-24-11-7-5-8-12-24)35(53)45-28(22-61)40(58)59/h5,7-8,11-12,23,25-30,33,49,60-61H,3-4,6,9-10,13-22H2,1-2H3,(H2,41,50)(H,42,51)(H,43,55)(H,44,52)(H,45,53)(H,46,54)(H,58,59)/t23-,25+,26+,27+,28+,29+,30+,33+/m1/s1. The molecule has 1 aromatic carbocycles. The molecule has 1 aromatic rings. The van der Waals surface area contributed by atoms with Crippen LogP contribution in [-0.2, 0) is 49.6 Å². The van der Waals surface area contributed by atoms with Crippen LogP contribution >= 0.6 is 25.3 Å². The van der Waals surface area contributed by atoms with E-state index >= 15 is 0 Å². The highest BCUT2D eigenvalue weighted by Gasteiger charge is 2.44. The third-order valence-electron chi connectivity index (χ3n) is 10.6. The molecule has 338 valence electrons. The van der Waals surface area contributed by atoms with Crippen molar-refractivity contribution in [2.75, 3.05) is 24.6 Å². The van der Waals surface area contributed by atoms with Gasteiger partial charge in [0.25, 0.3) is 0 Å². The van der Waals surface area contributed by atoms with Gasteiger partial charge in [-0.1, -0.05) is 50.1 Å². The molecule has 61 heavy (non-hydrogen) atoms. The molecule has 2 heterocycles. The molecule has 2 aliphatic rings. The number of hydrogen-bond donors (Lipinski definition) is 10. The number of carboxylic acids is 1. The lowest BCUT2D eigenvalue weighted by molar-refractivity contribution is -0.148. The summed E-state index contributed by atoms with van der Waals surface area (Å²) < 4.78 is 0. The molecule has 9 N–H and O–H groups in total. The fraction of sp³-hybridized carbons (Fsp3) is 0.625. The number of nitrogens with two attached hydrogens (primary N) is 1. The van der Waals surface area contributed by atoms with E-state index in [0.717, 1.165) is 12.8 Å². The first-order valence-electron chi connectivity index (χ1n) is 20.6. The van der Waals surface area contributed by atoms with E-state index in [1.54, 1.807) is 30.3 Å². The van der Waals surface area contributed by atoms with Gasteiger partial charge in [-0.05, 0) is 51.0 Å². The first kappa shape index (κ1) is 50.5. The van der Waals surface area contributed by atoms with Gasteiger partial charge in [-0.15, -0.1) is 0 Å². The number of aliphatic carboxylic acids is 1. The molecule has 21 heteroatoms. The summed E-state index contributed by atoms with van der Waals surface area (Å²) in [4.78, 5) is 121. The molecule has 2 saturated heterocycles. The molecule has 0 bridgehead atoms. The van der Waals surface area contributed by atoms with Crippen LogP contribution in [0.15, 0.2) is 30.3 Å². The van der Waals surface area contributed by atoms with Gasteiger partial charge in [-0.25, -0.2) is 4.79 Å². The third kappa shape index (κ3) is 15.2. The summed E-state index contributed by atoms with van der Waals surface area (Å²) in [5.41, 5.74) is 5.96. The minimum absolute atomic E-state index is 0.0194. The summed E-state index contributed by atoms with van der Waals surface area (Å²) in [5, 5.41) is 32.7. The van der Waals surface area contributed by atoms with Gasteiger partial charge in [-0.3, -0.25) is 38.4 Å². The predicted molar refractivity (Wildman–Crippen MR) is 229 cm³/mol. The Morgan fingerprint density at radius 2 is 1.34 bits per heavy atom. The lowest BCUT2D eigenvalue weighted by Gasteiger charge is -2.33. The maximum atomic E-state index is 14.0. The molecular weight excluding hydrogens is 833 g/mol. The van der Waals surface area contributed by atoms with E-state index in [-0.39, 0.29) is 62.6 Å². The quantitative estimate of drug-likeness (QED) is 0.0435. The Kier molecular flexibility index (Phi) is 20.8. The van der Waals surface area contributed by atoms with Crippen LogP contribution in [0.3, 0.4) is 0 Å². The van der Waals surface area contributed by atoms with Crippen LogP contribution in [-0.4, -0.2) is 146 Å². The molecule has 0 saturated carbocycles. The second-order valence-corrected chi connectivity index (χ2v) is 16.0. The van der Waals surface area contributed by atoms with Gasteiger partial charge in [0.1, 0.15) is 42.3 Å². The summed E-state index contributed by atoms with van der Waals surface area (Å²) in [7, 11) is 0. The lowest BCUT2D eigenvalue weighted by Crippen LogP contribution is -2.61. The van der Waals surface area contributed by atoms with Crippen LogP contribution in [0.5, 0.6) is 0 Å². The van der Waals surface area contributed by atoms with Crippen molar-refractivity contribution in [3.63, 3.8) is 0 Å². The predicted octanol–water partition coefficient (Wildman–Crippen LogP) is -1.19. The number of aliphatic hydroxyl groups excluding tert-OH is 1. The largest absolute Gasteiger partial charge is 0.480 e. The molecule has 0 aliphatic carbocycles. The second kappa shape index (κ2) is 25.1. The summed E-state index contributed by atoms with van der Waals surface area (Å²) >= 11 is 8.25. The molecule has 0 aromatic heterocycles. The first-order valence-corrected chi connectivity index (χ1v) is 21.9. The smallest absolute Gasteiger partial charge is 0.327 e. The number of primary amides is 1. The average Bonchev–Trinajstić information content (AvgIpc) is 3.93. The van der Waals surface area contributed by atoms with E-state index in [0.29, 0.717) is 31.2 Å². The maximum Gasteiger partial charge on any atom is 0.327 e. The van der Waals surface area contributed by atoms with Gasteiger partial charge in [0.15, 0.2) is 0 Å². The maximum absolute atomic E-state index is 14.0. The number of nitrogens with one attached hydrogen (secondary N) is 5. The zero-order valence-corrected chi connectivity index (χ0v) is 36.3. The molecule has 0 spiro atoms. The summed E-state index contributed by atoms with van der Waals surface area (Å²) in [6, 6.07) is -0.355. The van der Waals surface area contributed by atoms with Crippen LogP contribution in [0.2, 0.25) is 0 Å². The number of carbonyl (C=O) groups excluding carboxylic acids is 8. The molecular formula is C40H60N8O11S2. The number of benzene rings is 1. The number of thiol groups is 2. The zero-order valence-electron chi connectivity index (χ0n) is 34.5. The van der Waals surface area contributed by atoms with Crippen molar-refractivity contribution in [3.8, 4) is 0 Å². The normalized spacial score (nSPS) is 19.0. The second-order valence-electron chi connectivity index (χ2n) is 15.3. The van der Waals surface area contributed by atoms with E-state index < -0.39 is 95.7 Å². The lowest BCUT2D eigenvalue weighted by atomic mass is 10.0. The van der Waals surface area contributed by atoms with E-state index in [9.17, 15) is 53.4 Å². The Hall–Kier alpha value is -4.89. The summed E-state index contributed by atoms with van der Waals surface area (Å²) in [6.07, 6.45) is 1.85. The van der Waals surface area contributed by atoms with Gasteiger partial charge in [0.05, 0.1) is 6.10 Å². The molecule has 0 unspecified atom stereocenters. The zero-order chi connectivity index (χ0) is 45.2. The Morgan fingerprint density at radius 3 is 1.93 bits per heavy atom. The van der Waals surface area contributed by atoms with Gasteiger partial charge in [-0.2, -0.15) is 25.3 Å². The SMILES string of the molecule is CCCCCC(=O)N[C@@H](CS)C(=O)N1CCC[C@H]1C(=O)N1CCC[C@H]1C(=O)N[C@H](C(=O)N[C@@H](CCC(N)=O)C(=O)N[C@@H](Cc1ccccc1)C(=O)N[C@@H](CS)C(=O)O)[C@@H](C)O. The van der Waals surface area contributed by atoms with Gasteiger partial charge >= 0.3 is 5.97 Å². The van der Waals surface area contributed by atoms with Gasteiger partial charge in [0.2, 0.25) is 47.3 Å². The van der Waals surface area contributed by atoms with Crippen molar-refractivity contribution in [2.24, 2.45) is 5.73 Å². The Balaban J connectivity index is 1.76. The highest BCUT2D eigenvalue weighted by Crippen LogP contribution is 2.26. The number of rotatable bonds is 24. The number of carboxylic acid groups (broad SMARTS) is 1. The Bertz CT molecular complexity index is 1720. The number of likely N-dealkylation sites (tertiary alicyclic amines) is 2. The van der Waals surface area contributed by atoms with Crippen LogP contribution < -0.4 is 32.3 Å². The Morgan fingerprint density at radius 1 is 0.754 bits per heavy atom. The minimum Gasteiger partial charge on any atom is -0.480 e. The van der Waals surface area contributed by atoms with Crippen molar-refractivity contribution in [1.82, 2.24) is 36.4 Å². The van der Waals surface area contributed by atoms with Crippen LogP contribution in [0, 0.1) is 0 Å². The average molecular weight is 893 g/mol. The van der Waals surface area contributed by atoms with Gasteiger partial charge < -0.3 is 52.3 Å². The third-order valence-corrected chi connectivity index (χ3v) is 11.3. The molecule has 2 aliphatic heterocycles. The fourth-order valence-corrected chi connectivity index (χ4v) is 7.73. The Labute approximate surface area is 366 Å². The van der Waals surface area contributed by atoms with Crippen molar-refractivity contribution in [1.29, 1.82) is 0 Å². The van der Waals surface area contributed by atoms with E-state index in [4.69, 9.17) is 5.73 Å². The monoisotopic (exact) mass is 892 g/mol. The molecule has 2 fully saturated rings. The molecule has 8 amide bonds. The molecule has 0 radical (unpaired) electrons. The van der Waals surface area contributed by atoms with Crippen LogP contribution in [0.1, 0.15) is 83.6 Å². The molecule has 3 rings (SSSR count). The van der Waals surface area contributed by atoms with Crippen molar-refractivity contribution in [2.45, 2.75) is 133 Å². The number of nitrogens with zero attached hydrogens (tertiary/aromatic N) is 2. The van der Waals surface area contributed by atoms with E-state index in [1.165, 1.54) is 16.7 Å². The topological polar surface area (TPSA) is 287 Å². The van der Waals surface area contributed by atoms with Crippen LogP contribution in [0.25, 0.3) is 0 Å². The number of carbonyl (C=O) groups is 9. The number of amides is 8.